The third-order valence-corrected chi connectivity index (χ3v) is 4.03. The molecule has 3 N–H and O–H groups in total. The van der Waals surface area contributed by atoms with Crippen LogP contribution in [0.1, 0.15) is 24.1 Å². The third kappa shape index (κ3) is 3.32. The second kappa shape index (κ2) is 6.13. The van der Waals surface area contributed by atoms with Crippen molar-refractivity contribution in [2.45, 2.75) is 19.9 Å². The summed E-state index contributed by atoms with van der Waals surface area (Å²) in [5, 5.41) is 5.18. The Labute approximate surface area is 133 Å². The van der Waals surface area contributed by atoms with Gasteiger partial charge in [-0.15, -0.1) is 0 Å². The average Bonchev–Trinajstić information content (AvgIpc) is 2.35. The van der Waals surface area contributed by atoms with Gasteiger partial charge in [-0.05, 0) is 49.2 Å². The van der Waals surface area contributed by atoms with Crippen molar-refractivity contribution in [1.29, 1.82) is 0 Å². The largest absolute Gasteiger partial charge is 0.398 e. The smallest absolute Gasteiger partial charge is 0.0656 e. The molecule has 0 saturated carbocycles. The van der Waals surface area contributed by atoms with Crippen LogP contribution >= 0.6 is 34.8 Å². The Morgan fingerprint density at radius 3 is 2.40 bits per heavy atom. The predicted octanol–water partition coefficient (Wildman–Crippen LogP) is 5.71. The third-order valence-electron chi connectivity index (χ3n) is 3.14. The molecule has 1 atom stereocenters. The molecule has 2 rings (SSSR count). The summed E-state index contributed by atoms with van der Waals surface area (Å²) in [6.45, 7) is 4.00. The molecule has 0 saturated heterocycles. The molecule has 0 fully saturated rings. The molecule has 0 aliphatic heterocycles. The van der Waals surface area contributed by atoms with Gasteiger partial charge >= 0.3 is 0 Å². The van der Waals surface area contributed by atoms with Crippen LogP contribution in [0, 0.1) is 6.92 Å². The van der Waals surface area contributed by atoms with Gasteiger partial charge in [0.05, 0.1) is 16.8 Å². The minimum atomic E-state index is 0.0261. The van der Waals surface area contributed by atoms with Crippen LogP contribution in [0.5, 0.6) is 0 Å². The van der Waals surface area contributed by atoms with Gasteiger partial charge in [0, 0.05) is 15.7 Å². The molecular formula is C15H15Cl3N2. The Hall–Kier alpha value is -1.09. The zero-order valence-corrected chi connectivity index (χ0v) is 13.4. The maximum atomic E-state index is 6.22. The lowest BCUT2D eigenvalue weighted by atomic mass is 10.1. The Kier molecular flexibility index (Phi) is 4.69. The van der Waals surface area contributed by atoms with Crippen LogP contribution in [0.4, 0.5) is 11.4 Å². The topological polar surface area (TPSA) is 38.0 Å². The molecule has 20 heavy (non-hydrogen) atoms. The van der Waals surface area contributed by atoms with Crippen LogP contribution < -0.4 is 11.1 Å². The maximum Gasteiger partial charge on any atom is 0.0656 e. The summed E-state index contributed by atoms with van der Waals surface area (Å²) in [7, 11) is 0. The van der Waals surface area contributed by atoms with Gasteiger partial charge in [0.2, 0.25) is 0 Å². The zero-order chi connectivity index (χ0) is 14.9. The summed E-state index contributed by atoms with van der Waals surface area (Å²) in [4.78, 5) is 0. The lowest BCUT2D eigenvalue weighted by molar-refractivity contribution is 0.883. The first-order valence-electron chi connectivity index (χ1n) is 6.15. The van der Waals surface area contributed by atoms with E-state index in [9.17, 15) is 0 Å². The molecule has 0 aliphatic carbocycles. The van der Waals surface area contributed by atoms with E-state index in [0.717, 1.165) is 16.8 Å². The number of aryl methyl sites for hydroxylation is 1. The quantitative estimate of drug-likeness (QED) is 0.708. The summed E-state index contributed by atoms with van der Waals surface area (Å²) in [6.07, 6.45) is 0. The van der Waals surface area contributed by atoms with Gasteiger partial charge in [-0.3, -0.25) is 0 Å². The van der Waals surface area contributed by atoms with E-state index in [1.54, 1.807) is 6.07 Å². The molecule has 0 bridgehead atoms. The molecular weight excluding hydrogens is 315 g/mol. The first kappa shape index (κ1) is 15.3. The number of nitrogens with two attached hydrogens (primary N) is 1. The summed E-state index contributed by atoms with van der Waals surface area (Å²) in [6, 6.07) is 9.17. The number of halogens is 3. The van der Waals surface area contributed by atoms with Crippen molar-refractivity contribution in [1.82, 2.24) is 0 Å². The highest BCUT2D eigenvalue weighted by Crippen LogP contribution is 2.32. The first-order valence-corrected chi connectivity index (χ1v) is 7.29. The Balaban J connectivity index is 2.27. The standard InChI is InChI=1S/C15H15Cl3N2/c1-8-5-14(19)13(18)7-15(8)20-9(2)11-4-3-10(16)6-12(11)17/h3-7,9,20H,19H2,1-2H3. The van der Waals surface area contributed by atoms with Crippen LogP contribution in [0.25, 0.3) is 0 Å². The Morgan fingerprint density at radius 1 is 1.05 bits per heavy atom. The van der Waals surface area contributed by atoms with Gasteiger partial charge in [-0.1, -0.05) is 40.9 Å². The van der Waals surface area contributed by atoms with Crippen LogP contribution in [-0.2, 0) is 0 Å². The molecule has 0 heterocycles. The molecule has 0 aliphatic rings. The van der Waals surface area contributed by atoms with Crippen LogP contribution in [0.2, 0.25) is 15.1 Å². The fourth-order valence-corrected chi connectivity index (χ4v) is 2.76. The molecule has 2 aromatic carbocycles. The Bertz CT molecular complexity index is 641. The highest BCUT2D eigenvalue weighted by atomic mass is 35.5. The Morgan fingerprint density at radius 2 is 1.75 bits per heavy atom. The fourth-order valence-electron chi connectivity index (χ4n) is 2.02. The van der Waals surface area contributed by atoms with Gasteiger partial charge in [0.25, 0.3) is 0 Å². The van der Waals surface area contributed by atoms with Crippen molar-refractivity contribution < 1.29 is 0 Å². The summed E-state index contributed by atoms with van der Waals surface area (Å²) < 4.78 is 0. The van der Waals surface area contributed by atoms with Crippen LogP contribution in [0.15, 0.2) is 30.3 Å². The second-order valence-corrected chi connectivity index (χ2v) is 5.97. The number of hydrogen-bond donors (Lipinski definition) is 2. The van der Waals surface area contributed by atoms with E-state index in [-0.39, 0.29) is 6.04 Å². The molecule has 2 aromatic rings. The van der Waals surface area contributed by atoms with Crippen molar-refractivity contribution in [3.8, 4) is 0 Å². The first-order chi connectivity index (χ1) is 9.38. The monoisotopic (exact) mass is 328 g/mol. The van der Waals surface area contributed by atoms with Gasteiger partial charge in [-0.2, -0.15) is 0 Å². The minimum absolute atomic E-state index is 0.0261. The van der Waals surface area contributed by atoms with E-state index in [1.165, 1.54) is 0 Å². The van der Waals surface area contributed by atoms with E-state index >= 15 is 0 Å². The number of nitrogens with one attached hydrogen (secondary N) is 1. The number of rotatable bonds is 3. The summed E-state index contributed by atoms with van der Waals surface area (Å²) >= 11 is 18.2. The second-order valence-electron chi connectivity index (χ2n) is 4.72. The van der Waals surface area contributed by atoms with Gasteiger partial charge in [0.1, 0.15) is 0 Å². The SMILES string of the molecule is Cc1cc(N)c(Cl)cc1NC(C)c1ccc(Cl)cc1Cl. The van der Waals surface area contributed by atoms with Crippen molar-refractivity contribution in [2.75, 3.05) is 11.1 Å². The van der Waals surface area contributed by atoms with Gasteiger partial charge < -0.3 is 11.1 Å². The summed E-state index contributed by atoms with van der Waals surface area (Å²) in [5.41, 5.74) is 9.29. The van der Waals surface area contributed by atoms with Crippen molar-refractivity contribution in [3.05, 3.63) is 56.5 Å². The maximum absolute atomic E-state index is 6.22. The minimum Gasteiger partial charge on any atom is -0.398 e. The fraction of sp³-hybridized carbons (Fsp3) is 0.200. The zero-order valence-electron chi connectivity index (χ0n) is 11.2. The number of anilines is 2. The molecule has 0 aromatic heterocycles. The average molecular weight is 330 g/mol. The molecule has 0 amide bonds. The van der Waals surface area contributed by atoms with E-state index in [0.29, 0.717) is 20.8 Å². The van der Waals surface area contributed by atoms with E-state index < -0.39 is 0 Å². The number of hydrogen-bond acceptors (Lipinski definition) is 2. The van der Waals surface area contributed by atoms with Crippen molar-refractivity contribution in [3.63, 3.8) is 0 Å². The van der Waals surface area contributed by atoms with E-state index in [1.807, 2.05) is 38.1 Å². The van der Waals surface area contributed by atoms with Crippen LogP contribution in [0.3, 0.4) is 0 Å². The van der Waals surface area contributed by atoms with Gasteiger partial charge in [0.15, 0.2) is 0 Å². The molecule has 1 unspecified atom stereocenters. The highest BCUT2D eigenvalue weighted by Gasteiger charge is 2.12. The van der Waals surface area contributed by atoms with E-state index in [2.05, 4.69) is 5.32 Å². The molecule has 2 nitrogen and oxygen atoms in total. The van der Waals surface area contributed by atoms with Crippen LogP contribution in [-0.4, -0.2) is 0 Å². The van der Waals surface area contributed by atoms with Crippen molar-refractivity contribution >= 4 is 46.2 Å². The number of nitrogen functional groups attached to an aromatic ring is 1. The van der Waals surface area contributed by atoms with Gasteiger partial charge in [-0.25, -0.2) is 0 Å². The molecule has 0 radical (unpaired) electrons. The summed E-state index contributed by atoms with van der Waals surface area (Å²) in [5.74, 6) is 0. The molecule has 5 heteroatoms. The molecule has 0 spiro atoms. The lowest BCUT2D eigenvalue weighted by Crippen LogP contribution is -2.08. The normalized spacial score (nSPS) is 12.2. The van der Waals surface area contributed by atoms with Crippen molar-refractivity contribution in [2.24, 2.45) is 0 Å². The predicted molar refractivity (Wildman–Crippen MR) is 89.1 cm³/mol. The number of benzene rings is 2. The molecule has 106 valence electrons. The van der Waals surface area contributed by atoms with E-state index in [4.69, 9.17) is 40.5 Å². The lowest BCUT2D eigenvalue weighted by Gasteiger charge is -2.19. The highest BCUT2D eigenvalue weighted by molar-refractivity contribution is 6.35.